The highest BCUT2D eigenvalue weighted by molar-refractivity contribution is 5.23. The molecule has 1 aromatic carbocycles. The molecule has 0 radical (unpaired) electrons. The maximum atomic E-state index is 13.2. The number of aryl methyl sites for hydroxylation is 1. The Morgan fingerprint density at radius 1 is 1.17 bits per heavy atom. The molecule has 0 aliphatic heterocycles. The average molecular weight is 249 g/mol. The van der Waals surface area contributed by atoms with Gasteiger partial charge in [-0.3, -0.25) is 0 Å². The molecule has 1 aliphatic rings. The van der Waals surface area contributed by atoms with E-state index in [1.54, 1.807) is 6.07 Å². The van der Waals surface area contributed by atoms with Crippen molar-refractivity contribution >= 4 is 0 Å². The van der Waals surface area contributed by atoms with Crippen LogP contribution in [0.15, 0.2) is 18.2 Å². The summed E-state index contributed by atoms with van der Waals surface area (Å²) in [6.45, 7) is 7.35. The second-order valence-corrected chi connectivity index (χ2v) is 6.08. The Hall–Kier alpha value is -0.890. The van der Waals surface area contributed by atoms with E-state index < -0.39 is 0 Å². The van der Waals surface area contributed by atoms with Gasteiger partial charge in [0.2, 0.25) is 0 Å². The predicted octanol–water partition coefficient (Wildman–Crippen LogP) is 4.05. The number of hydrogen-bond acceptors (Lipinski definition) is 1. The molecular weight excluding hydrogens is 225 g/mol. The summed E-state index contributed by atoms with van der Waals surface area (Å²) in [5.41, 5.74) is 1.92. The molecule has 1 saturated carbocycles. The van der Waals surface area contributed by atoms with Gasteiger partial charge in [0.05, 0.1) is 0 Å². The molecule has 1 N–H and O–H groups in total. The molecule has 100 valence electrons. The van der Waals surface area contributed by atoms with Gasteiger partial charge in [-0.25, -0.2) is 4.39 Å². The minimum Gasteiger partial charge on any atom is -0.310 e. The molecule has 0 bridgehead atoms. The van der Waals surface area contributed by atoms with Crippen LogP contribution in [-0.4, -0.2) is 6.04 Å². The van der Waals surface area contributed by atoms with E-state index in [-0.39, 0.29) is 5.82 Å². The predicted molar refractivity (Wildman–Crippen MR) is 73.9 cm³/mol. The van der Waals surface area contributed by atoms with E-state index in [1.807, 2.05) is 19.1 Å². The van der Waals surface area contributed by atoms with Crippen LogP contribution in [-0.2, 0) is 6.54 Å². The molecule has 0 amide bonds. The topological polar surface area (TPSA) is 12.0 Å². The van der Waals surface area contributed by atoms with Crippen molar-refractivity contribution in [1.29, 1.82) is 0 Å². The van der Waals surface area contributed by atoms with Crippen molar-refractivity contribution in [2.24, 2.45) is 11.8 Å². The van der Waals surface area contributed by atoms with E-state index in [1.165, 1.54) is 24.8 Å². The summed E-state index contributed by atoms with van der Waals surface area (Å²) >= 11 is 0. The highest BCUT2D eigenvalue weighted by atomic mass is 19.1. The van der Waals surface area contributed by atoms with Crippen molar-refractivity contribution in [3.8, 4) is 0 Å². The molecule has 2 atom stereocenters. The van der Waals surface area contributed by atoms with Gasteiger partial charge in [-0.05, 0) is 55.2 Å². The van der Waals surface area contributed by atoms with E-state index in [9.17, 15) is 4.39 Å². The Labute approximate surface area is 110 Å². The fraction of sp³-hybridized carbons (Fsp3) is 0.625. The third kappa shape index (κ3) is 3.55. The van der Waals surface area contributed by atoms with Gasteiger partial charge in [-0.2, -0.15) is 0 Å². The van der Waals surface area contributed by atoms with Crippen molar-refractivity contribution in [1.82, 2.24) is 5.32 Å². The van der Waals surface area contributed by atoms with Crippen molar-refractivity contribution in [3.63, 3.8) is 0 Å². The maximum absolute atomic E-state index is 13.2. The van der Waals surface area contributed by atoms with E-state index in [4.69, 9.17) is 0 Å². The lowest BCUT2D eigenvalue weighted by molar-refractivity contribution is 0.238. The zero-order chi connectivity index (χ0) is 13.1. The summed E-state index contributed by atoms with van der Waals surface area (Å²) in [4.78, 5) is 0. The molecule has 18 heavy (non-hydrogen) atoms. The van der Waals surface area contributed by atoms with E-state index >= 15 is 0 Å². The van der Waals surface area contributed by atoms with Crippen LogP contribution in [0.25, 0.3) is 0 Å². The van der Waals surface area contributed by atoms with Gasteiger partial charge in [0, 0.05) is 12.6 Å². The summed E-state index contributed by atoms with van der Waals surface area (Å²) in [7, 11) is 0. The molecule has 0 heterocycles. The quantitative estimate of drug-likeness (QED) is 0.852. The SMILES string of the molecule is Cc1cc(CNC2CC(C)CC(C)C2)ccc1F. The summed E-state index contributed by atoms with van der Waals surface area (Å²) in [6.07, 6.45) is 3.89. The molecule has 1 aliphatic carbocycles. The molecule has 0 spiro atoms. The Morgan fingerprint density at radius 3 is 2.44 bits per heavy atom. The zero-order valence-corrected chi connectivity index (χ0v) is 11.7. The number of benzene rings is 1. The molecule has 2 rings (SSSR count). The minimum absolute atomic E-state index is 0.112. The van der Waals surface area contributed by atoms with Gasteiger partial charge < -0.3 is 5.32 Å². The van der Waals surface area contributed by atoms with Crippen LogP contribution in [0.3, 0.4) is 0 Å². The average Bonchev–Trinajstić information content (AvgIpc) is 2.29. The molecule has 1 nitrogen and oxygen atoms in total. The fourth-order valence-corrected chi connectivity index (χ4v) is 3.19. The molecule has 0 aromatic heterocycles. The number of hydrogen-bond donors (Lipinski definition) is 1. The molecule has 1 fully saturated rings. The third-order valence-corrected chi connectivity index (χ3v) is 4.00. The molecule has 1 aromatic rings. The summed E-state index contributed by atoms with van der Waals surface area (Å²) in [5, 5.41) is 3.62. The first kappa shape index (κ1) is 13.5. The monoisotopic (exact) mass is 249 g/mol. The van der Waals surface area contributed by atoms with Gasteiger partial charge in [0.15, 0.2) is 0 Å². The Kier molecular flexibility index (Phi) is 4.39. The fourth-order valence-electron chi connectivity index (χ4n) is 3.19. The lowest BCUT2D eigenvalue weighted by atomic mass is 9.80. The molecule has 0 saturated heterocycles. The van der Waals surface area contributed by atoms with E-state index in [0.29, 0.717) is 6.04 Å². The smallest absolute Gasteiger partial charge is 0.126 e. The standard InChI is InChI=1S/C16H24FN/c1-11-6-12(2)8-15(7-11)18-10-14-4-5-16(17)13(3)9-14/h4-5,9,11-12,15,18H,6-8,10H2,1-3H3. The van der Waals surface area contributed by atoms with Gasteiger partial charge in [0.25, 0.3) is 0 Å². The summed E-state index contributed by atoms with van der Waals surface area (Å²) < 4.78 is 13.2. The molecule has 2 heteroatoms. The highest BCUT2D eigenvalue weighted by Crippen LogP contribution is 2.28. The lowest BCUT2D eigenvalue weighted by Gasteiger charge is -2.32. The van der Waals surface area contributed by atoms with Crippen molar-refractivity contribution in [2.45, 2.75) is 52.6 Å². The van der Waals surface area contributed by atoms with Crippen molar-refractivity contribution in [3.05, 3.63) is 35.1 Å². The van der Waals surface area contributed by atoms with Gasteiger partial charge in [0.1, 0.15) is 5.82 Å². The van der Waals surface area contributed by atoms with Gasteiger partial charge in [-0.1, -0.05) is 26.0 Å². The Balaban J connectivity index is 1.89. The first-order chi connectivity index (χ1) is 8.54. The highest BCUT2D eigenvalue weighted by Gasteiger charge is 2.23. The van der Waals surface area contributed by atoms with Crippen LogP contribution in [0.1, 0.15) is 44.2 Å². The second-order valence-electron chi connectivity index (χ2n) is 6.08. The van der Waals surface area contributed by atoms with E-state index in [0.717, 1.165) is 23.9 Å². The van der Waals surface area contributed by atoms with Gasteiger partial charge >= 0.3 is 0 Å². The largest absolute Gasteiger partial charge is 0.310 e. The third-order valence-electron chi connectivity index (χ3n) is 4.00. The van der Waals surface area contributed by atoms with Crippen LogP contribution in [0.4, 0.5) is 4.39 Å². The summed E-state index contributed by atoms with van der Waals surface area (Å²) in [6, 6.07) is 6.01. The molecule has 2 unspecified atom stereocenters. The zero-order valence-electron chi connectivity index (χ0n) is 11.7. The summed E-state index contributed by atoms with van der Waals surface area (Å²) in [5.74, 6) is 1.53. The second kappa shape index (κ2) is 5.83. The van der Waals surface area contributed by atoms with Crippen molar-refractivity contribution in [2.75, 3.05) is 0 Å². The molecular formula is C16H24FN. The van der Waals surface area contributed by atoms with Crippen molar-refractivity contribution < 1.29 is 4.39 Å². The number of rotatable bonds is 3. The van der Waals surface area contributed by atoms with Gasteiger partial charge in [-0.15, -0.1) is 0 Å². The van der Waals surface area contributed by atoms with Crippen LogP contribution >= 0.6 is 0 Å². The minimum atomic E-state index is -0.112. The lowest BCUT2D eigenvalue weighted by Crippen LogP contribution is -2.35. The first-order valence-electron chi connectivity index (χ1n) is 7.03. The Bertz CT molecular complexity index is 392. The first-order valence-corrected chi connectivity index (χ1v) is 7.03. The number of halogens is 1. The maximum Gasteiger partial charge on any atom is 0.126 e. The normalized spacial score (nSPS) is 28.3. The number of nitrogens with one attached hydrogen (secondary N) is 1. The Morgan fingerprint density at radius 2 is 1.83 bits per heavy atom. The van der Waals surface area contributed by atoms with Crippen LogP contribution in [0.2, 0.25) is 0 Å². The van der Waals surface area contributed by atoms with Crippen LogP contribution in [0, 0.1) is 24.6 Å². The van der Waals surface area contributed by atoms with Crippen LogP contribution in [0.5, 0.6) is 0 Å². The van der Waals surface area contributed by atoms with E-state index in [2.05, 4.69) is 19.2 Å². The van der Waals surface area contributed by atoms with Crippen LogP contribution < -0.4 is 5.32 Å².